The molecule has 1 aliphatic rings. The Morgan fingerprint density at radius 1 is 1.26 bits per heavy atom. The Balaban J connectivity index is 1.76. The van der Waals surface area contributed by atoms with Crippen molar-refractivity contribution in [2.45, 2.75) is 12.5 Å². The van der Waals surface area contributed by atoms with Crippen molar-refractivity contribution in [2.24, 2.45) is 0 Å². The van der Waals surface area contributed by atoms with E-state index >= 15 is 0 Å². The zero-order valence-corrected chi connectivity index (χ0v) is 12.3. The topological polar surface area (TPSA) is 62.6 Å². The normalized spacial score (nSPS) is 20.2. The third-order valence-corrected chi connectivity index (χ3v) is 3.60. The molecule has 1 aliphatic heterocycles. The maximum absolute atomic E-state index is 12.8. The second-order valence-electron chi connectivity index (χ2n) is 5.23. The molecule has 5 nitrogen and oxygen atoms in total. The quantitative estimate of drug-likeness (QED) is 0.683. The van der Waals surface area contributed by atoms with E-state index in [0.717, 1.165) is 4.90 Å². The Kier molecular flexibility index (Phi) is 3.62. The highest BCUT2D eigenvalue weighted by Crippen LogP contribution is 2.28. The Bertz CT molecular complexity index is 803. The fraction of sp³-hybridized carbons (Fsp3) is 0.176. The summed E-state index contributed by atoms with van der Waals surface area (Å²) in [6.07, 6.45) is 1.44. The van der Waals surface area contributed by atoms with Crippen molar-refractivity contribution in [3.63, 3.8) is 0 Å². The average Bonchev–Trinajstić information content (AvgIpc) is 3.13. The molecule has 2 aromatic rings. The molecule has 3 amide bonds. The fourth-order valence-corrected chi connectivity index (χ4v) is 2.32. The molecule has 1 fully saturated rings. The predicted octanol–water partition coefficient (Wildman–Crippen LogP) is 2.24. The van der Waals surface area contributed by atoms with Gasteiger partial charge in [-0.15, -0.1) is 0 Å². The largest absolute Gasteiger partial charge is 0.466 e. The van der Waals surface area contributed by atoms with Gasteiger partial charge in [0.1, 0.15) is 11.6 Å². The number of benzene rings is 1. The Morgan fingerprint density at radius 2 is 2.00 bits per heavy atom. The fourth-order valence-electron chi connectivity index (χ4n) is 2.32. The van der Waals surface area contributed by atoms with Crippen molar-refractivity contribution in [1.82, 2.24) is 10.2 Å². The van der Waals surface area contributed by atoms with Crippen LogP contribution in [0, 0.1) is 17.7 Å². The van der Waals surface area contributed by atoms with Crippen LogP contribution in [0.3, 0.4) is 0 Å². The zero-order valence-electron chi connectivity index (χ0n) is 12.3. The summed E-state index contributed by atoms with van der Waals surface area (Å²) in [7, 11) is 0. The molecule has 0 unspecified atom stereocenters. The minimum Gasteiger partial charge on any atom is -0.466 e. The molecule has 0 bridgehead atoms. The van der Waals surface area contributed by atoms with Crippen molar-refractivity contribution in [1.29, 1.82) is 0 Å². The number of carbonyl (C=O) groups excluding carboxylic acids is 2. The summed E-state index contributed by atoms with van der Waals surface area (Å²) in [5, 5.41) is 2.61. The first-order valence-corrected chi connectivity index (χ1v) is 6.93. The van der Waals surface area contributed by atoms with Crippen LogP contribution in [0.15, 0.2) is 47.1 Å². The van der Waals surface area contributed by atoms with Crippen LogP contribution < -0.4 is 5.32 Å². The van der Waals surface area contributed by atoms with E-state index in [1.165, 1.54) is 30.5 Å². The summed E-state index contributed by atoms with van der Waals surface area (Å²) in [5.41, 5.74) is -0.620. The number of hydrogen-bond donors (Lipinski definition) is 1. The number of urea groups is 1. The standard InChI is InChI=1S/C17H13FN2O3/c1-17(14-5-3-11-23-14)15(21)20(16(22)19-17)10-2-4-12-6-8-13(18)9-7-12/h3,5-9,11H,10H2,1H3,(H,19,22)/t17-/m0/s1. The van der Waals surface area contributed by atoms with Crippen LogP contribution >= 0.6 is 0 Å². The lowest BCUT2D eigenvalue weighted by atomic mass is 9.99. The summed E-state index contributed by atoms with van der Waals surface area (Å²) >= 11 is 0. The van der Waals surface area contributed by atoms with Crippen molar-refractivity contribution in [3.8, 4) is 11.8 Å². The summed E-state index contributed by atoms with van der Waals surface area (Å²) in [6, 6.07) is 8.41. The molecule has 2 heterocycles. The number of nitrogens with one attached hydrogen (secondary N) is 1. The molecule has 0 aliphatic carbocycles. The number of imide groups is 1. The minimum atomic E-state index is -1.22. The lowest BCUT2D eigenvalue weighted by Gasteiger charge is -2.18. The van der Waals surface area contributed by atoms with Gasteiger partial charge in [-0.2, -0.15) is 0 Å². The molecular weight excluding hydrogens is 299 g/mol. The molecule has 23 heavy (non-hydrogen) atoms. The second kappa shape index (κ2) is 5.61. The second-order valence-corrected chi connectivity index (χ2v) is 5.23. The SMILES string of the molecule is C[C@@]1(c2ccco2)NC(=O)N(CC#Cc2ccc(F)cc2)C1=O. The van der Waals surface area contributed by atoms with Crippen LogP contribution in [0.25, 0.3) is 0 Å². The van der Waals surface area contributed by atoms with Gasteiger partial charge in [0.2, 0.25) is 0 Å². The zero-order chi connectivity index (χ0) is 16.4. The van der Waals surface area contributed by atoms with Gasteiger partial charge in [0.25, 0.3) is 5.91 Å². The van der Waals surface area contributed by atoms with Gasteiger partial charge >= 0.3 is 6.03 Å². The number of furan rings is 1. The van der Waals surface area contributed by atoms with Gasteiger partial charge in [0.05, 0.1) is 12.8 Å². The van der Waals surface area contributed by atoms with E-state index in [1.54, 1.807) is 19.1 Å². The first-order chi connectivity index (χ1) is 11.0. The summed E-state index contributed by atoms with van der Waals surface area (Å²) < 4.78 is 18.1. The third kappa shape index (κ3) is 2.69. The van der Waals surface area contributed by atoms with E-state index in [2.05, 4.69) is 17.2 Å². The van der Waals surface area contributed by atoms with Crippen LogP contribution in [0.2, 0.25) is 0 Å². The first-order valence-electron chi connectivity index (χ1n) is 6.93. The molecule has 6 heteroatoms. The number of amides is 3. The Hall–Kier alpha value is -3.07. The predicted molar refractivity (Wildman–Crippen MR) is 79.6 cm³/mol. The third-order valence-electron chi connectivity index (χ3n) is 3.60. The van der Waals surface area contributed by atoms with Crippen LogP contribution in [0.4, 0.5) is 9.18 Å². The minimum absolute atomic E-state index is 0.0572. The maximum atomic E-state index is 12.8. The van der Waals surface area contributed by atoms with Gasteiger partial charge in [0.15, 0.2) is 5.54 Å². The number of nitrogens with zero attached hydrogens (tertiary/aromatic N) is 1. The van der Waals surface area contributed by atoms with Gasteiger partial charge in [0, 0.05) is 5.56 Å². The Morgan fingerprint density at radius 3 is 2.65 bits per heavy atom. The maximum Gasteiger partial charge on any atom is 0.326 e. The highest BCUT2D eigenvalue weighted by molar-refractivity contribution is 6.07. The molecule has 0 saturated carbocycles. The van der Waals surface area contributed by atoms with Crippen LogP contribution in [-0.4, -0.2) is 23.4 Å². The molecule has 0 spiro atoms. The summed E-state index contributed by atoms with van der Waals surface area (Å²) in [5.74, 6) is 5.13. The number of carbonyl (C=O) groups is 2. The molecular formula is C17H13FN2O3. The van der Waals surface area contributed by atoms with Crippen molar-refractivity contribution in [3.05, 3.63) is 59.8 Å². The number of hydrogen-bond acceptors (Lipinski definition) is 3. The van der Waals surface area contributed by atoms with Gasteiger partial charge in [-0.3, -0.25) is 9.69 Å². The van der Waals surface area contributed by atoms with Gasteiger partial charge < -0.3 is 9.73 Å². The smallest absolute Gasteiger partial charge is 0.326 e. The monoisotopic (exact) mass is 312 g/mol. The lowest BCUT2D eigenvalue weighted by Crippen LogP contribution is -2.40. The number of rotatable bonds is 2. The van der Waals surface area contributed by atoms with Gasteiger partial charge in [-0.25, -0.2) is 9.18 Å². The molecule has 1 atom stereocenters. The van der Waals surface area contributed by atoms with Gasteiger partial charge in [-0.1, -0.05) is 11.8 Å². The molecule has 1 N–H and O–H groups in total. The molecule has 3 rings (SSSR count). The summed E-state index contributed by atoms with van der Waals surface area (Å²) in [6.45, 7) is 1.53. The average molecular weight is 312 g/mol. The highest BCUT2D eigenvalue weighted by Gasteiger charge is 2.50. The summed E-state index contributed by atoms with van der Waals surface area (Å²) in [4.78, 5) is 25.5. The first kappa shape index (κ1) is 14.9. The highest BCUT2D eigenvalue weighted by atomic mass is 19.1. The van der Waals surface area contributed by atoms with E-state index in [0.29, 0.717) is 11.3 Å². The van der Waals surface area contributed by atoms with E-state index in [-0.39, 0.29) is 12.4 Å². The van der Waals surface area contributed by atoms with Crippen molar-refractivity contribution in [2.75, 3.05) is 6.54 Å². The Labute approximate surface area is 132 Å². The molecule has 1 aromatic heterocycles. The van der Waals surface area contributed by atoms with E-state index in [1.807, 2.05) is 0 Å². The van der Waals surface area contributed by atoms with Crippen molar-refractivity contribution < 1.29 is 18.4 Å². The van der Waals surface area contributed by atoms with Crippen LogP contribution in [0.5, 0.6) is 0 Å². The van der Waals surface area contributed by atoms with Crippen molar-refractivity contribution >= 4 is 11.9 Å². The molecule has 116 valence electrons. The molecule has 0 radical (unpaired) electrons. The van der Waals surface area contributed by atoms with E-state index < -0.39 is 17.5 Å². The van der Waals surface area contributed by atoms with Crippen LogP contribution in [-0.2, 0) is 10.3 Å². The van der Waals surface area contributed by atoms with E-state index in [9.17, 15) is 14.0 Å². The molecule has 1 saturated heterocycles. The van der Waals surface area contributed by atoms with E-state index in [4.69, 9.17) is 4.42 Å². The van der Waals surface area contributed by atoms with Gasteiger partial charge in [-0.05, 0) is 43.3 Å². The lowest BCUT2D eigenvalue weighted by molar-refractivity contribution is -0.131. The number of halogens is 1. The molecule has 1 aromatic carbocycles. The van der Waals surface area contributed by atoms with Crippen LogP contribution in [0.1, 0.15) is 18.2 Å².